The summed E-state index contributed by atoms with van der Waals surface area (Å²) in [7, 11) is 0. The number of likely N-dealkylation sites (tertiary alicyclic amines) is 2. The molecule has 0 aromatic carbocycles. The molecule has 0 radical (unpaired) electrons. The van der Waals surface area contributed by atoms with Crippen LogP contribution in [0, 0.1) is 5.92 Å². The summed E-state index contributed by atoms with van der Waals surface area (Å²) in [5.41, 5.74) is 0. The minimum atomic E-state index is 0.00750. The first kappa shape index (κ1) is 15.3. The fourth-order valence-corrected chi connectivity index (χ4v) is 2.88. The van der Waals surface area contributed by atoms with E-state index in [1.54, 1.807) is 0 Å². The first-order valence-corrected chi connectivity index (χ1v) is 7.87. The summed E-state index contributed by atoms with van der Waals surface area (Å²) < 4.78 is 0. The molecule has 1 atom stereocenters. The summed E-state index contributed by atoms with van der Waals surface area (Å²) in [4.78, 5) is 28.1. The Morgan fingerprint density at radius 1 is 1.15 bits per heavy atom. The zero-order chi connectivity index (χ0) is 14.5. The molecule has 2 saturated heterocycles. The third kappa shape index (κ3) is 4.20. The van der Waals surface area contributed by atoms with Gasteiger partial charge in [-0.1, -0.05) is 20.3 Å². The molecule has 2 heterocycles. The largest absolute Gasteiger partial charge is 0.351 e. The van der Waals surface area contributed by atoms with Crippen molar-refractivity contribution in [1.82, 2.24) is 15.1 Å². The fourth-order valence-electron chi connectivity index (χ4n) is 2.88. The molecule has 0 aliphatic carbocycles. The lowest BCUT2D eigenvalue weighted by Crippen LogP contribution is -2.43. The van der Waals surface area contributed by atoms with E-state index in [0.717, 1.165) is 26.1 Å². The number of carbonyl (C=O) groups excluding carboxylic acids is 2. The van der Waals surface area contributed by atoms with Crippen LogP contribution >= 0.6 is 0 Å². The smallest absolute Gasteiger partial charge is 0.236 e. The zero-order valence-corrected chi connectivity index (χ0v) is 12.7. The average Bonchev–Trinajstić information content (AvgIpc) is 2.88. The molecule has 2 fully saturated rings. The third-order valence-electron chi connectivity index (χ3n) is 4.22. The molecule has 0 aromatic heterocycles. The van der Waals surface area contributed by atoms with Crippen molar-refractivity contribution in [3.05, 3.63) is 0 Å². The Hall–Kier alpha value is -1.10. The lowest BCUT2D eigenvalue weighted by Gasteiger charge is -2.28. The van der Waals surface area contributed by atoms with Gasteiger partial charge in [-0.25, -0.2) is 0 Å². The van der Waals surface area contributed by atoms with Gasteiger partial charge in [-0.2, -0.15) is 0 Å². The SMILES string of the molecule is CC(C)C(=O)N[C@@H]1CCN(C(=O)CN2CCCCC2)C1. The fraction of sp³-hybridized carbons (Fsp3) is 0.867. The molecule has 0 unspecified atom stereocenters. The Bertz CT molecular complexity index is 351. The molecular weight excluding hydrogens is 254 g/mol. The average molecular weight is 281 g/mol. The van der Waals surface area contributed by atoms with Gasteiger partial charge in [-0.3, -0.25) is 14.5 Å². The van der Waals surface area contributed by atoms with Gasteiger partial charge in [0.1, 0.15) is 0 Å². The molecule has 2 rings (SSSR count). The molecule has 114 valence electrons. The van der Waals surface area contributed by atoms with Gasteiger partial charge >= 0.3 is 0 Å². The maximum Gasteiger partial charge on any atom is 0.236 e. The molecule has 5 nitrogen and oxygen atoms in total. The first-order chi connectivity index (χ1) is 9.56. The second-order valence-corrected chi connectivity index (χ2v) is 6.33. The Morgan fingerprint density at radius 2 is 1.85 bits per heavy atom. The maximum atomic E-state index is 12.3. The van der Waals surface area contributed by atoms with Crippen LogP contribution in [0.5, 0.6) is 0 Å². The number of nitrogens with one attached hydrogen (secondary N) is 1. The summed E-state index contributed by atoms with van der Waals surface area (Å²) in [5, 5.41) is 3.02. The quantitative estimate of drug-likeness (QED) is 0.831. The van der Waals surface area contributed by atoms with Gasteiger partial charge in [-0.05, 0) is 32.4 Å². The number of carbonyl (C=O) groups is 2. The highest BCUT2D eigenvalue weighted by Gasteiger charge is 2.28. The van der Waals surface area contributed by atoms with Crippen molar-refractivity contribution in [2.45, 2.75) is 45.6 Å². The van der Waals surface area contributed by atoms with Gasteiger partial charge in [0, 0.05) is 25.0 Å². The van der Waals surface area contributed by atoms with E-state index in [-0.39, 0.29) is 23.8 Å². The number of amides is 2. The van der Waals surface area contributed by atoms with E-state index in [9.17, 15) is 9.59 Å². The summed E-state index contributed by atoms with van der Waals surface area (Å²) in [6.45, 7) is 7.87. The van der Waals surface area contributed by atoms with Gasteiger partial charge in [-0.15, -0.1) is 0 Å². The highest BCUT2D eigenvalue weighted by molar-refractivity contribution is 5.80. The minimum absolute atomic E-state index is 0.00750. The van der Waals surface area contributed by atoms with Gasteiger partial charge in [0.05, 0.1) is 6.54 Å². The maximum absolute atomic E-state index is 12.3. The van der Waals surface area contributed by atoms with Crippen LogP contribution < -0.4 is 5.32 Å². The molecule has 0 spiro atoms. The molecule has 5 heteroatoms. The van der Waals surface area contributed by atoms with Crippen molar-refractivity contribution >= 4 is 11.8 Å². The van der Waals surface area contributed by atoms with Crippen LogP contribution in [-0.2, 0) is 9.59 Å². The summed E-state index contributed by atoms with van der Waals surface area (Å²) >= 11 is 0. The van der Waals surface area contributed by atoms with E-state index in [1.165, 1.54) is 19.3 Å². The number of nitrogens with zero attached hydrogens (tertiary/aromatic N) is 2. The van der Waals surface area contributed by atoms with E-state index in [2.05, 4.69) is 10.2 Å². The normalized spacial score (nSPS) is 24.1. The van der Waals surface area contributed by atoms with Crippen LogP contribution in [0.3, 0.4) is 0 Å². The Kier molecular flexibility index (Phi) is 5.40. The third-order valence-corrected chi connectivity index (χ3v) is 4.22. The van der Waals surface area contributed by atoms with Gasteiger partial charge in [0.15, 0.2) is 0 Å². The number of piperidine rings is 1. The summed E-state index contributed by atoms with van der Waals surface area (Å²) in [6.07, 6.45) is 4.59. The lowest BCUT2D eigenvalue weighted by molar-refractivity contribution is -0.132. The van der Waals surface area contributed by atoms with Crippen LogP contribution in [0.25, 0.3) is 0 Å². The first-order valence-electron chi connectivity index (χ1n) is 7.87. The van der Waals surface area contributed by atoms with Gasteiger partial charge in [0.25, 0.3) is 0 Å². The van der Waals surface area contributed by atoms with E-state index < -0.39 is 0 Å². The zero-order valence-electron chi connectivity index (χ0n) is 12.7. The van der Waals surface area contributed by atoms with Crippen molar-refractivity contribution in [2.75, 3.05) is 32.7 Å². The highest BCUT2D eigenvalue weighted by atomic mass is 16.2. The van der Waals surface area contributed by atoms with E-state index in [4.69, 9.17) is 0 Å². The predicted octanol–water partition coefficient (Wildman–Crippen LogP) is 0.845. The van der Waals surface area contributed by atoms with Crippen LogP contribution in [0.15, 0.2) is 0 Å². The molecule has 2 amide bonds. The molecule has 2 aliphatic heterocycles. The summed E-state index contributed by atoms with van der Waals surface area (Å²) in [5.74, 6) is 0.307. The van der Waals surface area contributed by atoms with Crippen molar-refractivity contribution in [2.24, 2.45) is 5.92 Å². The highest BCUT2D eigenvalue weighted by Crippen LogP contribution is 2.13. The number of rotatable bonds is 4. The topological polar surface area (TPSA) is 52.7 Å². The number of hydrogen-bond donors (Lipinski definition) is 1. The molecule has 0 bridgehead atoms. The molecule has 0 saturated carbocycles. The Balaban J connectivity index is 1.74. The Morgan fingerprint density at radius 3 is 2.50 bits per heavy atom. The van der Waals surface area contributed by atoms with Gasteiger partial charge in [0.2, 0.25) is 11.8 Å². The lowest BCUT2D eigenvalue weighted by atomic mass is 10.1. The molecule has 1 N–H and O–H groups in total. The minimum Gasteiger partial charge on any atom is -0.351 e. The van der Waals surface area contributed by atoms with Crippen molar-refractivity contribution in [3.8, 4) is 0 Å². The molecular formula is C15H27N3O2. The monoisotopic (exact) mass is 281 g/mol. The van der Waals surface area contributed by atoms with Crippen LogP contribution in [0.1, 0.15) is 39.5 Å². The van der Waals surface area contributed by atoms with Crippen molar-refractivity contribution in [3.63, 3.8) is 0 Å². The summed E-state index contributed by atoms with van der Waals surface area (Å²) in [6, 6.07) is 0.134. The second kappa shape index (κ2) is 7.07. The number of hydrogen-bond acceptors (Lipinski definition) is 3. The van der Waals surface area contributed by atoms with E-state index in [1.807, 2.05) is 18.7 Å². The van der Waals surface area contributed by atoms with E-state index >= 15 is 0 Å². The van der Waals surface area contributed by atoms with Crippen LogP contribution in [-0.4, -0.2) is 60.4 Å². The second-order valence-electron chi connectivity index (χ2n) is 6.33. The standard InChI is InChI=1S/C15H27N3O2/c1-12(2)15(20)16-13-6-9-18(10-13)14(19)11-17-7-4-3-5-8-17/h12-13H,3-11H2,1-2H3,(H,16,20)/t13-/m1/s1. The predicted molar refractivity (Wildman–Crippen MR) is 78.3 cm³/mol. The van der Waals surface area contributed by atoms with Gasteiger partial charge < -0.3 is 10.2 Å². The van der Waals surface area contributed by atoms with E-state index in [0.29, 0.717) is 13.1 Å². The molecule has 2 aliphatic rings. The Labute approximate surface area is 121 Å². The van der Waals surface area contributed by atoms with Crippen LogP contribution in [0.2, 0.25) is 0 Å². The van der Waals surface area contributed by atoms with Crippen molar-refractivity contribution in [1.29, 1.82) is 0 Å². The van der Waals surface area contributed by atoms with Crippen molar-refractivity contribution < 1.29 is 9.59 Å². The van der Waals surface area contributed by atoms with Crippen LogP contribution in [0.4, 0.5) is 0 Å². The molecule has 0 aromatic rings. The molecule has 20 heavy (non-hydrogen) atoms.